The predicted octanol–water partition coefficient (Wildman–Crippen LogP) is 2.88. The molecule has 2 N–H and O–H groups in total. The van der Waals surface area contributed by atoms with Gasteiger partial charge in [0.15, 0.2) is 6.10 Å². The quantitative estimate of drug-likeness (QED) is 0.772. The van der Waals surface area contributed by atoms with Crippen LogP contribution in [-0.2, 0) is 16.0 Å². The van der Waals surface area contributed by atoms with Crippen molar-refractivity contribution in [2.45, 2.75) is 53.2 Å². The van der Waals surface area contributed by atoms with Gasteiger partial charge in [-0.15, -0.1) is 0 Å². The molecule has 5 nitrogen and oxygen atoms in total. The molecule has 2 unspecified atom stereocenters. The van der Waals surface area contributed by atoms with E-state index in [4.69, 9.17) is 4.74 Å². The molecule has 0 saturated heterocycles. The minimum Gasteiger partial charge on any atom is -0.480 e. The number of aryl methyl sites for hydroxylation is 1. The van der Waals surface area contributed by atoms with Crippen LogP contribution in [0.2, 0.25) is 0 Å². The molecule has 0 radical (unpaired) electrons. The number of carboxylic acids is 1. The standard InChI is InChI=1S/C18H27NO4/c1-6-13-8-7-9-14(10-13)23-16(12(4)5)17(20)19-15(11(2)3)18(21)22/h7-12,15-16H,6H2,1-5H3,(H,19,20)(H,21,22). The molecule has 0 spiro atoms. The normalized spacial score (nSPS) is 13.7. The van der Waals surface area contributed by atoms with Gasteiger partial charge in [0.2, 0.25) is 0 Å². The van der Waals surface area contributed by atoms with Crippen LogP contribution in [0.4, 0.5) is 0 Å². The highest BCUT2D eigenvalue weighted by Gasteiger charge is 2.30. The lowest BCUT2D eigenvalue weighted by molar-refractivity contribution is -0.144. The molecule has 1 aromatic rings. The molecule has 0 aliphatic rings. The summed E-state index contributed by atoms with van der Waals surface area (Å²) in [6.07, 6.45) is 0.146. The zero-order valence-electron chi connectivity index (χ0n) is 14.5. The highest BCUT2D eigenvalue weighted by molar-refractivity contribution is 5.86. The number of carboxylic acid groups (broad SMARTS) is 1. The first kappa shape index (κ1) is 19.0. The molecule has 1 amide bonds. The number of nitrogens with one attached hydrogen (secondary N) is 1. The Kier molecular flexibility index (Phi) is 7.07. The predicted molar refractivity (Wildman–Crippen MR) is 89.5 cm³/mol. The summed E-state index contributed by atoms with van der Waals surface area (Å²) in [5.74, 6) is -1.10. The van der Waals surface area contributed by atoms with Gasteiger partial charge in [0.1, 0.15) is 11.8 Å². The SMILES string of the molecule is CCc1cccc(OC(C(=O)NC(C(=O)O)C(C)C)C(C)C)c1. The first-order chi connectivity index (χ1) is 10.8. The minimum atomic E-state index is -1.04. The number of hydrogen-bond acceptors (Lipinski definition) is 3. The van der Waals surface area contributed by atoms with Gasteiger partial charge in [-0.1, -0.05) is 46.8 Å². The van der Waals surface area contributed by atoms with Gasteiger partial charge in [0.05, 0.1) is 0 Å². The number of amides is 1. The topological polar surface area (TPSA) is 75.6 Å². The van der Waals surface area contributed by atoms with Crippen molar-refractivity contribution in [3.05, 3.63) is 29.8 Å². The van der Waals surface area contributed by atoms with E-state index in [1.165, 1.54) is 0 Å². The Morgan fingerprint density at radius 3 is 2.30 bits per heavy atom. The average Bonchev–Trinajstić information content (AvgIpc) is 2.49. The fraction of sp³-hybridized carbons (Fsp3) is 0.556. The van der Waals surface area contributed by atoms with Gasteiger partial charge in [0, 0.05) is 0 Å². The summed E-state index contributed by atoms with van der Waals surface area (Å²) in [5.41, 5.74) is 1.12. The van der Waals surface area contributed by atoms with E-state index in [0.29, 0.717) is 5.75 Å². The maximum Gasteiger partial charge on any atom is 0.326 e. The Hall–Kier alpha value is -2.04. The minimum absolute atomic E-state index is 0.0816. The number of rotatable bonds is 8. The van der Waals surface area contributed by atoms with E-state index in [1.54, 1.807) is 19.9 Å². The maximum atomic E-state index is 12.5. The molecule has 1 rings (SSSR count). The number of aliphatic carboxylic acids is 1. The first-order valence-electron chi connectivity index (χ1n) is 8.05. The average molecular weight is 321 g/mol. The summed E-state index contributed by atoms with van der Waals surface area (Å²) < 4.78 is 5.84. The number of hydrogen-bond donors (Lipinski definition) is 2. The van der Waals surface area contributed by atoms with Crippen molar-refractivity contribution in [1.82, 2.24) is 5.32 Å². The van der Waals surface area contributed by atoms with Crippen LogP contribution in [-0.4, -0.2) is 29.1 Å². The van der Waals surface area contributed by atoms with Crippen molar-refractivity contribution >= 4 is 11.9 Å². The van der Waals surface area contributed by atoms with E-state index in [0.717, 1.165) is 12.0 Å². The molecular weight excluding hydrogens is 294 g/mol. The van der Waals surface area contributed by atoms with Crippen LogP contribution in [0.15, 0.2) is 24.3 Å². The van der Waals surface area contributed by atoms with Crippen LogP contribution in [0, 0.1) is 11.8 Å². The van der Waals surface area contributed by atoms with Crippen molar-refractivity contribution in [1.29, 1.82) is 0 Å². The summed E-state index contributed by atoms with van der Waals surface area (Å²) in [7, 11) is 0. The smallest absolute Gasteiger partial charge is 0.326 e. The van der Waals surface area contributed by atoms with E-state index in [9.17, 15) is 14.7 Å². The summed E-state index contributed by atoms with van der Waals surface area (Å²) >= 11 is 0. The lowest BCUT2D eigenvalue weighted by Gasteiger charge is -2.25. The Bertz CT molecular complexity index is 540. The molecule has 0 bridgehead atoms. The number of carbonyl (C=O) groups is 2. The Morgan fingerprint density at radius 1 is 1.17 bits per heavy atom. The lowest BCUT2D eigenvalue weighted by Crippen LogP contribution is -2.51. The molecule has 2 atom stereocenters. The zero-order chi connectivity index (χ0) is 17.6. The highest BCUT2D eigenvalue weighted by Crippen LogP contribution is 2.19. The molecule has 0 fully saturated rings. The third-order valence-corrected chi connectivity index (χ3v) is 3.66. The van der Waals surface area contributed by atoms with E-state index in [2.05, 4.69) is 5.32 Å². The van der Waals surface area contributed by atoms with Crippen LogP contribution in [0.5, 0.6) is 5.75 Å². The molecule has 23 heavy (non-hydrogen) atoms. The highest BCUT2D eigenvalue weighted by atomic mass is 16.5. The van der Waals surface area contributed by atoms with Crippen LogP contribution in [0.3, 0.4) is 0 Å². The fourth-order valence-electron chi connectivity index (χ4n) is 2.23. The lowest BCUT2D eigenvalue weighted by atomic mass is 10.0. The second kappa shape index (κ2) is 8.56. The van der Waals surface area contributed by atoms with Crippen LogP contribution in [0.1, 0.15) is 40.2 Å². The molecule has 0 saturated carbocycles. The molecule has 5 heteroatoms. The molecule has 0 heterocycles. The molecule has 128 valence electrons. The maximum absolute atomic E-state index is 12.5. The summed E-state index contributed by atoms with van der Waals surface area (Å²) in [6.45, 7) is 9.31. The van der Waals surface area contributed by atoms with Crippen molar-refractivity contribution in [3.8, 4) is 5.75 Å². The molecule has 1 aromatic carbocycles. The van der Waals surface area contributed by atoms with Gasteiger partial charge in [-0.2, -0.15) is 0 Å². The second-order valence-electron chi connectivity index (χ2n) is 6.35. The van der Waals surface area contributed by atoms with E-state index >= 15 is 0 Å². The molecule has 0 aliphatic heterocycles. The monoisotopic (exact) mass is 321 g/mol. The van der Waals surface area contributed by atoms with E-state index < -0.39 is 24.0 Å². The molecule has 0 aliphatic carbocycles. The van der Waals surface area contributed by atoms with Crippen molar-refractivity contribution in [3.63, 3.8) is 0 Å². The zero-order valence-corrected chi connectivity index (χ0v) is 14.5. The van der Waals surface area contributed by atoms with E-state index in [-0.39, 0.29) is 11.8 Å². The third-order valence-electron chi connectivity index (χ3n) is 3.66. The van der Waals surface area contributed by atoms with Gasteiger partial charge in [-0.3, -0.25) is 4.79 Å². The number of benzene rings is 1. The van der Waals surface area contributed by atoms with Gasteiger partial charge in [-0.25, -0.2) is 4.79 Å². The van der Waals surface area contributed by atoms with E-state index in [1.807, 2.05) is 39.0 Å². The Balaban J connectivity index is 2.88. The van der Waals surface area contributed by atoms with Crippen LogP contribution in [0.25, 0.3) is 0 Å². The molecular formula is C18H27NO4. The van der Waals surface area contributed by atoms with Crippen molar-refractivity contribution < 1.29 is 19.4 Å². The van der Waals surface area contributed by atoms with Gasteiger partial charge >= 0.3 is 5.97 Å². The number of ether oxygens (including phenoxy) is 1. The molecule has 0 aromatic heterocycles. The summed E-state index contributed by atoms with van der Waals surface area (Å²) in [5, 5.41) is 11.8. The van der Waals surface area contributed by atoms with Gasteiger partial charge in [-0.05, 0) is 36.0 Å². The summed E-state index contributed by atoms with van der Waals surface area (Å²) in [4.78, 5) is 23.7. The number of carbonyl (C=O) groups excluding carboxylic acids is 1. The van der Waals surface area contributed by atoms with Gasteiger partial charge < -0.3 is 15.2 Å². The Labute approximate surface area is 138 Å². The van der Waals surface area contributed by atoms with Crippen molar-refractivity contribution in [2.75, 3.05) is 0 Å². The first-order valence-corrected chi connectivity index (χ1v) is 8.05. The largest absolute Gasteiger partial charge is 0.480 e. The second-order valence-corrected chi connectivity index (χ2v) is 6.35. The summed E-state index contributed by atoms with van der Waals surface area (Å²) in [6, 6.07) is 6.67. The third kappa shape index (κ3) is 5.58. The fourth-order valence-corrected chi connectivity index (χ4v) is 2.23. The van der Waals surface area contributed by atoms with Crippen molar-refractivity contribution in [2.24, 2.45) is 11.8 Å². The van der Waals surface area contributed by atoms with Crippen LogP contribution >= 0.6 is 0 Å². The Morgan fingerprint density at radius 2 is 1.83 bits per heavy atom. The van der Waals surface area contributed by atoms with Gasteiger partial charge in [0.25, 0.3) is 5.91 Å². The van der Waals surface area contributed by atoms with Crippen LogP contribution < -0.4 is 10.1 Å².